The van der Waals surface area contributed by atoms with Crippen molar-refractivity contribution in [2.75, 3.05) is 4.90 Å². The van der Waals surface area contributed by atoms with Gasteiger partial charge in [-0.05, 0) is 44.0 Å². The van der Waals surface area contributed by atoms with E-state index in [2.05, 4.69) is 9.97 Å². The van der Waals surface area contributed by atoms with Crippen LogP contribution in [0.25, 0.3) is 0 Å². The molecule has 3 rings (SSSR count). The van der Waals surface area contributed by atoms with Crippen LogP contribution in [-0.4, -0.2) is 32.1 Å². The molecular formula is C17H17N3O4S. The lowest BCUT2D eigenvalue weighted by Gasteiger charge is -2.16. The predicted molar refractivity (Wildman–Crippen MR) is 93.9 cm³/mol. The number of anilines is 1. The number of aromatic nitrogens is 2. The lowest BCUT2D eigenvalue weighted by atomic mass is 10.1. The van der Waals surface area contributed by atoms with Crippen LogP contribution in [-0.2, 0) is 9.59 Å². The van der Waals surface area contributed by atoms with Crippen LogP contribution in [0.15, 0.2) is 28.2 Å². The van der Waals surface area contributed by atoms with Crippen LogP contribution in [0, 0.1) is 20.8 Å². The van der Waals surface area contributed by atoms with E-state index in [9.17, 15) is 19.5 Å². The van der Waals surface area contributed by atoms with Crippen LogP contribution in [0.1, 0.15) is 23.1 Å². The summed E-state index contributed by atoms with van der Waals surface area (Å²) in [6, 6.07) is 5.53. The Labute approximate surface area is 148 Å². The van der Waals surface area contributed by atoms with Gasteiger partial charge in [0.15, 0.2) is 5.16 Å². The number of hydrogen-bond donors (Lipinski definition) is 2. The molecular weight excluding hydrogens is 342 g/mol. The number of amides is 2. The summed E-state index contributed by atoms with van der Waals surface area (Å²) in [6.07, 6.45) is 0.00877. The summed E-state index contributed by atoms with van der Waals surface area (Å²) in [5.41, 5.74) is 2.10. The number of benzene rings is 1. The minimum atomic E-state index is -0.696. The molecule has 130 valence electrons. The summed E-state index contributed by atoms with van der Waals surface area (Å²) in [5, 5.41) is 9.07. The second-order valence-corrected chi connectivity index (χ2v) is 7.24. The number of aromatic amines is 1. The van der Waals surface area contributed by atoms with Gasteiger partial charge in [-0.25, -0.2) is 4.90 Å². The van der Waals surface area contributed by atoms with E-state index in [0.29, 0.717) is 5.69 Å². The minimum Gasteiger partial charge on any atom is -0.493 e. The van der Waals surface area contributed by atoms with Crippen molar-refractivity contribution in [1.29, 1.82) is 0 Å². The molecule has 1 aromatic heterocycles. The monoisotopic (exact) mass is 359 g/mol. The topological polar surface area (TPSA) is 103 Å². The van der Waals surface area contributed by atoms with Crippen molar-refractivity contribution in [2.45, 2.75) is 37.6 Å². The summed E-state index contributed by atoms with van der Waals surface area (Å²) in [4.78, 5) is 44.3. The van der Waals surface area contributed by atoms with Crippen LogP contribution < -0.4 is 10.5 Å². The van der Waals surface area contributed by atoms with Crippen molar-refractivity contribution in [3.63, 3.8) is 0 Å². The quantitative estimate of drug-likeness (QED) is 0.640. The highest BCUT2D eigenvalue weighted by Gasteiger charge is 2.40. The normalized spacial score (nSPS) is 17.4. The third-order valence-electron chi connectivity index (χ3n) is 3.93. The molecule has 0 spiro atoms. The second-order valence-electron chi connectivity index (χ2n) is 6.04. The van der Waals surface area contributed by atoms with E-state index < -0.39 is 10.8 Å². The van der Waals surface area contributed by atoms with E-state index in [-0.39, 0.29) is 34.8 Å². The van der Waals surface area contributed by atoms with Crippen molar-refractivity contribution in [2.24, 2.45) is 0 Å². The summed E-state index contributed by atoms with van der Waals surface area (Å²) >= 11 is 0.968. The number of H-pyrrole nitrogens is 1. The maximum atomic E-state index is 12.7. The SMILES string of the molecule is Cc1cc(C)cc(N2C(=O)C[C@@H](Sc3nc(O)c(C)c(=O)[nH]3)C2=O)c1. The Balaban J connectivity index is 1.88. The number of thioether (sulfide) groups is 1. The molecule has 2 amide bonds. The molecule has 7 nitrogen and oxygen atoms in total. The van der Waals surface area contributed by atoms with Gasteiger partial charge in [0, 0.05) is 6.42 Å². The first-order valence-electron chi connectivity index (χ1n) is 7.68. The lowest BCUT2D eigenvalue weighted by molar-refractivity contribution is -0.121. The van der Waals surface area contributed by atoms with Gasteiger partial charge < -0.3 is 10.1 Å². The first kappa shape index (κ1) is 17.2. The van der Waals surface area contributed by atoms with E-state index in [1.807, 2.05) is 19.9 Å². The number of carbonyl (C=O) groups excluding carboxylic acids is 2. The van der Waals surface area contributed by atoms with E-state index in [1.165, 1.54) is 11.8 Å². The number of nitrogens with one attached hydrogen (secondary N) is 1. The number of hydrogen-bond acceptors (Lipinski definition) is 6. The number of imide groups is 1. The highest BCUT2D eigenvalue weighted by Crippen LogP contribution is 2.33. The Morgan fingerprint density at radius 2 is 1.80 bits per heavy atom. The fourth-order valence-corrected chi connectivity index (χ4v) is 3.73. The van der Waals surface area contributed by atoms with E-state index >= 15 is 0 Å². The molecule has 8 heteroatoms. The van der Waals surface area contributed by atoms with Gasteiger partial charge in [-0.15, -0.1) is 0 Å². The maximum absolute atomic E-state index is 12.7. The fraction of sp³-hybridized carbons (Fsp3) is 0.294. The van der Waals surface area contributed by atoms with E-state index in [1.54, 1.807) is 12.1 Å². The van der Waals surface area contributed by atoms with Crippen molar-refractivity contribution >= 4 is 29.3 Å². The van der Waals surface area contributed by atoms with Gasteiger partial charge in [0.2, 0.25) is 17.7 Å². The molecule has 1 atom stereocenters. The van der Waals surface area contributed by atoms with Gasteiger partial charge in [-0.2, -0.15) is 4.98 Å². The lowest BCUT2D eigenvalue weighted by Crippen LogP contribution is -2.31. The summed E-state index contributed by atoms with van der Waals surface area (Å²) < 4.78 is 0. The molecule has 1 aromatic carbocycles. The van der Waals surface area contributed by atoms with Crippen LogP contribution in [0.4, 0.5) is 5.69 Å². The van der Waals surface area contributed by atoms with E-state index in [0.717, 1.165) is 22.9 Å². The number of rotatable bonds is 3. The molecule has 2 aromatic rings. The molecule has 1 aliphatic heterocycles. The highest BCUT2D eigenvalue weighted by atomic mass is 32.2. The maximum Gasteiger partial charge on any atom is 0.258 e. The van der Waals surface area contributed by atoms with Gasteiger partial charge in [0.1, 0.15) is 5.25 Å². The molecule has 0 bridgehead atoms. The van der Waals surface area contributed by atoms with Crippen molar-refractivity contribution in [3.05, 3.63) is 45.2 Å². The van der Waals surface area contributed by atoms with Gasteiger partial charge in [-0.3, -0.25) is 14.4 Å². The van der Waals surface area contributed by atoms with Gasteiger partial charge in [0.25, 0.3) is 5.56 Å². The number of carbonyl (C=O) groups is 2. The Kier molecular flexibility index (Phi) is 4.38. The predicted octanol–water partition coefficient (Wildman–Crippen LogP) is 1.82. The molecule has 25 heavy (non-hydrogen) atoms. The zero-order chi connectivity index (χ0) is 18.3. The zero-order valence-corrected chi connectivity index (χ0v) is 14.8. The average molecular weight is 359 g/mol. The van der Waals surface area contributed by atoms with E-state index in [4.69, 9.17) is 0 Å². The molecule has 0 aliphatic carbocycles. The summed E-state index contributed by atoms with van der Waals surface area (Å²) in [5.74, 6) is -1.04. The standard InChI is InChI=1S/C17H17N3O4S/c1-8-4-9(2)6-11(5-8)20-13(21)7-12(16(20)24)25-17-18-14(22)10(3)15(23)19-17/h4-6,12H,7H2,1-3H3,(H2,18,19,22,23)/t12-/m1/s1. The van der Waals surface area contributed by atoms with Gasteiger partial charge in [0.05, 0.1) is 11.3 Å². The number of aryl methyl sites for hydroxylation is 2. The highest BCUT2D eigenvalue weighted by molar-refractivity contribution is 8.00. The Bertz CT molecular complexity index is 918. The summed E-state index contributed by atoms with van der Waals surface area (Å²) in [6.45, 7) is 5.25. The third-order valence-corrected chi connectivity index (χ3v) is 5.00. The van der Waals surface area contributed by atoms with Crippen LogP contribution in [0.3, 0.4) is 0 Å². The van der Waals surface area contributed by atoms with Crippen LogP contribution in [0.2, 0.25) is 0 Å². The van der Waals surface area contributed by atoms with Crippen LogP contribution in [0.5, 0.6) is 5.88 Å². The van der Waals surface area contributed by atoms with Crippen molar-refractivity contribution in [3.8, 4) is 5.88 Å². The van der Waals surface area contributed by atoms with Gasteiger partial charge >= 0.3 is 0 Å². The molecule has 1 saturated heterocycles. The zero-order valence-electron chi connectivity index (χ0n) is 14.0. The third kappa shape index (κ3) is 3.30. The van der Waals surface area contributed by atoms with Crippen molar-refractivity contribution < 1.29 is 14.7 Å². The first-order chi connectivity index (χ1) is 11.8. The fourth-order valence-electron chi connectivity index (χ4n) is 2.74. The molecule has 0 unspecified atom stereocenters. The Morgan fingerprint density at radius 1 is 1.16 bits per heavy atom. The number of nitrogens with zero attached hydrogens (tertiary/aromatic N) is 2. The molecule has 2 heterocycles. The Morgan fingerprint density at radius 3 is 2.40 bits per heavy atom. The average Bonchev–Trinajstić information content (AvgIpc) is 2.78. The van der Waals surface area contributed by atoms with Gasteiger partial charge in [-0.1, -0.05) is 17.8 Å². The smallest absolute Gasteiger partial charge is 0.258 e. The molecule has 2 N–H and O–H groups in total. The molecule has 0 saturated carbocycles. The first-order valence-corrected chi connectivity index (χ1v) is 8.56. The molecule has 1 aliphatic rings. The second kappa shape index (κ2) is 6.36. The molecule has 0 radical (unpaired) electrons. The largest absolute Gasteiger partial charge is 0.493 e. The number of aromatic hydroxyl groups is 1. The summed E-state index contributed by atoms with van der Waals surface area (Å²) in [7, 11) is 0. The van der Waals surface area contributed by atoms with Crippen molar-refractivity contribution in [1.82, 2.24) is 9.97 Å². The Hall–Kier alpha value is -2.61. The van der Waals surface area contributed by atoms with Crippen LogP contribution >= 0.6 is 11.8 Å². The molecule has 1 fully saturated rings. The minimum absolute atomic E-state index is 0.00877.